The molecular weight excluding hydrogens is 470 g/mol. The zero-order valence-electron chi connectivity index (χ0n) is 20.3. The minimum absolute atomic E-state index is 0.106. The van der Waals surface area contributed by atoms with Crippen LogP contribution in [0.25, 0.3) is 11.1 Å². The first-order valence-corrected chi connectivity index (χ1v) is 11.8. The number of carbonyl (C=O) groups is 2. The van der Waals surface area contributed by atoms with Gasteiger partial charge < -0.3 is 20.4 Å². The summed E-state index contributed by atoms with van der Waals surface area (Å²) in [6.07, 6.45) is 2.18. The molecule has 10 heteroatoms. The molecule has 0 bridgehead atoms. The molecule has 2 amide bonds. The average Bonchev–Trinajstić information content (AvgIpc) is 3.27. The monoisotopic (exact) mass is 498 g/mol. The number of amides is 2. The van der Waals surface area contributed by atoms with Gasteiger partial charge in [-0.2, -0.15) is 4.73 Å². The highest BCUT2D eigenvalue weighted by atomic mass is 19.3. The highest BCUT2D eigenvalue weighted by Gasteiger charge is 2.40. The molecule has 3 aromatic rings. The number of nitrogens with one attached hydrogen (secondary N) is 2. The fraction of sp³-hybridized carbons (Fsp3) is 0.385. The van der Waals surface area contributed by atoms with Gasteiger partial charge in [-0.15, -0.1) is 0 Å². The lowest BCUT2D eigenvalue weighted by molar-refractivity contribution is -0.611. The topological polar surface area (TPSA) is 111 Å². The van der Waals surface area contributed by atoms with Crippen LogP contribution in [0.15, 0.2) is 47.3 Å². The van der Waals surface area contributed by atoms with E-state index in [4.69, 9.17) is 4.52 Å². The van der Waals surface area contributed by atoms with Crippen LogP contribution in [0, 0.1) is 31.9 Å². The Bertz CT molecular complexity index is 1260. The maximum atomic E-state index is 13.8. The minimum atomic E-state index is -2.77. The van der Waals surface area contributed by atoms with Gasteiger partial charge in [-0.1, -0.05) is 17.3 Å². The van der Waals surface area contributed by atoms with E-state index in [1.54, 1.807) is 44.2 Å². The van der Waals surface area contributed by atoms with Crippen LogP contribution in [-0.4, -0.2) is 28.9 Å². The number of pyridine rings is 1. The second-order valence-electron chi connectivity index (χ2n) is 9.31. The van der Waals surface area contributed by atoms with Gasteiger partial charge in [0.15, 0.2) is 11.9 Å². The van der Waals surface area contributed by atoms with Crippen LogP contribution in [-0.2, 0) is 4.79 Å². The number of rotatable bonds is 6. The molecule has 0 aliphatic heterocycles. The predicted octanol–water partition coefficient (Wildman–Crippen LogP) is 4.46. The molecule has 0 unspecified atom stereocenters. The average molecular weight is 499 g/mol. The van der Waals surface area contributed by atoms with E-state index in [2.05, 4.69) is 15.8 Å². The van der Waals surface area contributed by atoms with Crippen LogP contribution in [0.1, 0.15) is 53.0 Å². The fourth-order valence-corrected chi connectivity index (χ4v) is 4.67. The van der Waals surface area contributed by atoms with Crippen molar-refractivity contribution < 1.29 is 27.6 Å². The van der Waals surface area contributed by atoms with Gasteiger partial charge in [-0.25, -0.2) is 8.78 Å². The standard InChI is InChI=1S/C26H28F2N4O4/c1-15-10-13-32(35)17(3)22(15)18-4-6-20(7-5-18)29-25(34)23(19-8-11-26(27,28)12-9-19)30-24(33)21-14-36-31-16(21)2/h4-7,10,13-14,19,23H,8-9,11-12H2,1-3H3,(H,29,34)(H,30,33)/t23-/m1/s1. The Labute approximate surface area is 207 Å². The molecule has 190 valence electrons. The molecule has 36 heavy (non-hydrogen) atoms. The summed E-state index contributed by atoms with van der Waals surface area (Å²) in [5.74, 6) is -4.26. The molecule has 8 nitrogen and oxygen atoms in total. The van der Waals surface area contributed by atoms with E-state index < -0.39 is 29.7 Å². The summed E-state index contributed by atoms with van der Waals surface area (Å²) in [5, 5.41) is 21.2. The third kappa shape index (κ3) is 5.37. The highest BCUT2D eigenvalue weighted by molar-refractivity contribution is 6.01. The molecule has 1 fully saturated rings. The van der Waals surface area contributed by atoms with Gasteiger partial charge in [0.1, 0.15) is 17.9 Å². The van der Waals surface area contributed by atoms with Crippen LogP contribution >= 0.6 is 0 Å². The Morgan fingerprint density at radius 3 is 2.42 bits per heavy atom. The quantitative estimate of drug-likeness (QED) is 0.385. The number of alkyl halides is 2. The number of hydrogen-bond donors (Lipinski definition) is 2. The minimum Gasteiger partial charge on any atom is -0.618 e. The van der Waals surface area contributed by atoms with Gasteiger partial charge in [0, 0.05) is 31.5 Å². The number of aryl methyl sites for hydroxylation is 2. The second kappa shape index (κ2) is 10.0. The number of halogens is 2. The van der Waals surface area contributed by atoms with Crippen LogP contribution in [0.5, 0.6) is 0 Å². The molecule has 2 heterocycles. The van der Waals surface area contributed by atoms with Crippen molar-refractivity contribution in [1.82, 2.24) is 10.5 Å². The van der Waals surface area contributed by atoms with E-state index >= 15 is 0 Å². The zero-order chi connectivity index (χ0) is 26.0. The summed E-state index contributed by atoms with van der Waals surface area (Å²) < 4.78 is 33.1. The van der Waals surface area contributed by atoms with E-state index in [-0.39, 0.29) is 31.2 Å². The third-order valence-electron chi connectivity index (χ3n) is 6.78. The van der Waals surface area contributed by atoms with E-state index in [0.29, 0.717) is 17.1 Å². The molecule has 1 atom stereocenters. The maximum Gasteiger partial charge on any atom is 0.257 e. The molecule has 2 N–H and O–H groups in total. The Morgan fingerprint density at radius 1 is 1.14 bits per heavy atom. The first-order valence-electron chi connectivity index (χ1n) is 11.8. The van der Waals surface area contributed by atoms with Gasteiger partial charge in [0.25, 0.3) is 5.91 Å². The third-order valence-corrected chi connectivity index (χ3v) is 6.78. The molecule has 1 saturated carbocycles. The molecule has 0 saturated heterocycles. The van der Waals surface area contributed by atoms with Gasteiger partial charge in [0.05, 0.1) is 11.3 Å². The van der Waals surface area contributed by atoms with Crippen molar-refractivity contribution in [2.45, 2.75) is 58.4 Å². The summed E-state index contributed by atoms with van der Waals surface area (Å²) in [4.78, 5) is 26.1. The van der Waals surface area contributed by atoms with Crippen LogP contribution in [0.4, 0.5) is 14.5 Å². The predicted molar refractivity (Wildman–Crippen MR) is 128 cm³/mol. The summed E-state index contributed by atoms with van der Waals surface area (Å²) in [5.41, 5.74) is 4.15. The number of carbonyl (C=O) groups excluding carboxylic acids is 2. The molecule has 1 aliphatic carbocycles. The van der Waals surface area contributed by atoms with E-state index in [1.807, 2.05) is 6.92 Å². The smallest absolute Gasteiger partial charge is 0.257 e. The summed E-state index contributed by atoms with van der Waals surface area (Å²) in [6, 6.07) is 7.71. The Balaban J connectivity index is 1.53. The zero-order valence-corrected chi connectivity index (χ0v) is 20.3. The molecule has 0 spiro atoms. The van der Waals surface area contributed by atoms with Gasteiger partial charge in [0.2, 0.25) is 11.8 Å². The second-order valence-corrected chi connectivity index (χ2v) is 9.31. The first-order chi connectivity index (χ1) is 17.1. The molecule has 4 rings (SSSR count). The van der Waals surface area contributed by atoms with Crippen molar-refractivity contribution in [2.75, 3.05) is 5.32 Å². The van der Waals surface area contributed by atoms with Crippen molar-refractivity contribution in [3.63, 3.8) is 0 Å². The lowest BCUT2D eigenvalue weighted by Crippen LogP contribution is -2.50. The molecule has 1 aliphatic rings. The maximum absolute atomic E-state index is 13.8. The van der Waals surface area contributed by atoms with Crippen molar-refractivity contribution in [3.05, 3.63) is 70.5 Å². The summed E-state index contributed by atoms with van der Waals surface area (Å²) in [7, 11) is 0. The van der Waals surface area contributed by atoms with Crippen molar-refractivity contribution in [2.24, 2.45) is 5.92 Å². The molecule has 0 radical (unpaired) electrons. The molecule has 2 aromatic heterocycles. The Hall–Kier alpha value is -3.82. The summed E-state index contributed by atoms with van der Waals surface area (Å²) in [6.45, 7) is 5.25. The lowest BCUT2D eigenvalue weighted by atomic mass is 9.81. The van der Waals surface area contributed by atoms with Gasteiger partial charge >= 0.3 is 0 Å². The van der Waals surface area contributed by atoms with Crippen LogP contribution < -0.4 is 15.4 Å². The number of hydrogen-bond acceptors (Lipinski definition) is 5. The van der Waals surface area contributed by atoms with Crippen molar-refractivity contribution in [3.8, 4) is 11.1 Å². The number of benzene rings is 1. The number of anilines is 1. The lowest BCUT2D eigenvalue weighted by Gasteiger charge is -2.33. The van der Waals surface area contributed by atoms with E-state index in [1.165, 1.54) is 12.5 Å². The van der Waals surface area contributed by atoms with Crippen molar-refractivity contribution in [1.29, 1.82) is 0 Å². The first kappa shape index (κ1) is 25.3. The summed E-state index contributed by atoms with van der Waals surface area (Å²) >= 11 is 0. The van der Waals surface area contributed by atoms with E-state index in [0.717, 1.165) is 21.4 Å². The SMILES string of the molecule is Cc1cc[n+]([O-])c(C)c1-c1ccc(NC(=O)[C@H](NC(=O)c2conc2C)C2CCC(F)(F)CC2)cc1. The number of nitrogens with zero attached hydrogens (tertiary/aromatic N) is 2. The van der Waals surface area contributed by atoms with Crippen LogP contribution in [0.2, 0.25) is 0 Å². The Kier molecular flexibility index (Phi) is 7.05. The number of aromatic nitrogens is 2. The van der Waals surface area contributed by atoms with E-state index in [9.17, 15) is 23.6 Å². The van der Waals surface area contributed by atoms with Crippen LogP contribution in [0.3, 0.4) is 0 Å². The van der Waals surface area contributed by atoms with Gasteiger partial charge in [-0.05, 0) is 55.9 Å². The Morgan fingerprint density at radius 2 is 1.81 bits per heavy atom. The van der Waals surface area contributed by atoms with Gasteiger partial charge in [-0.3, -0.25) is 9.59 Å². The highest BCUT2D eigenvalue weighted by Crippen LogP contribution is 2.38. The molecular formula is C26H28F2N4O4. The normalized spacial score (nSPS) is 16.4. The molecule has 1 aromatic carbocycles. The largest absolute Gasteiger partial charge is 0.618 e. The van der Waals surface area contributed by atoms with Crippen molar-refractivity contribution >= 4 is 17.5 Å². The fourth-order valence-electron chi connectivity index (χ4n) is 4.67.